The maximum atomic E-state index is 12.4. The molecule has 1 N–H and O–H groups in total. The third kappa shape index (κ3) is 5.23. The molecule has 0 aliphatic carbocycles. The Morgan fingerprint density at radius 1 is 1.00 bits per heavy atom. The Labute approximate surface area is 160 Å². The van der Waals surface area contributed by atoms with Crippen LogP contribution in [0.4, 0.5) is 11.4 Å². The highest BCUT2D eigenvalue weighted by atomic mass is 16.5. The summed E-state index contributed by atoms with van der Waals surface area (Å²) in [5.41, 5.74) is 3.61. The first-order valence-electron chi connectivity index (χ1n) is 8.73. The summed E-state index contributed by atoms with van der Waals surface area (Å²) in [7, 11) is 3.10. The van der Waals surface area contributed by atoms with Crippen molar-refractivity contribution in [1.82, 2.24) is 0 Å². The van der Waals surface area contributed by atoms with E-state index in [1.165, 1.54) is 14.0 Å². The number of methoxy groups -OCH3 is 2. The van der Waals surface area contributed by atoms with Crippen molar-refractivity contribution in [1.29, 1.82) is 0 Å². The van der Waals surface area contributed by atoms with Crippen LogP contribution in [0.15, 0.2) is 36.4 Å². The minimum absolute atomic E-state index is 0.104. The molecule has 0 saturated heterocycles. The first-order valence-corrected chi connectivity index (χ1v) is 8.73. The van der Waals surface area contributed by atoms with Gasteiger partial charge in [0.1, 0.15) is 11.5 Å². The van der Waals surface area contributed by atoms with Gasteiger partial charge in [0.2, 0.25) is 11.8 Å². The number of hydrogen-bond acceptors (Lipinski definition) is 4. The Morgan fingerprint density at radius 3 is 2.33 bits per heavy atom. The van der Waals surface area contributed by atoms with Crippen molar-refractivity contribution in [3.05, 3.63) is 47.5 Å². The van der Waals surface area contributed by atoms with Crippen molar-refractivity contribution in [2.24, 2.45) is 0 Å². The van der Waals surface area contributed by atoms with E-state index in [0.717, 1.165) is 16.8 Å². The van der Waals surface area contributed by atoms with Gasteiger partial charge in [-0.25, -0.2) is 0 Å². The minimum atomic E-state index is -0.200. The predicted molar refractivity (Wildman–Crippen MR) is 107 cm³/mol. The fourth-order valence-corrected chi connectivity index (χ4v) is 2.69. The average Bonchev–Trinajstić information content (AvgIpc) is 2.64. The fourth-order valence-electron chi connectivity index (χ4n) is 2.69. The predicted octanol–water partition coefficient (Wildman–Crippen LogP) is 3.70. The lowest BCUT2D eigenvalue weighted by Crippen LogP contribution is -2.32. The molecule has 0 aromatic heterocycles. The molecule has 0 atom stereocenters. The number of benzene rings is 2. The fraction of sp³-hybridized carbons (Fsp3) is 0.333. The van der Waals surface area contributed by atoms with Gasteiger partial charge in [-0.05, 0) is 49.2 Å². The van der Waals surface area contributed by atoms with Crippen LogP contribution < -0.4 is 19.7 Å². The lowest BCUT2D eigenvalue weighted by molar-refractivity contribution is -0.117. The molecule has 2 aromatic rings. The van der Waals surface area contributed by atoms with E-state index < -0.39 is 0 Å². The van der Waals surface area contributed by atoms with Crippen LogP contribution in [0.1, 0.15) is 24.5 Å². The van der Waals surface area contributed by atoms with Crippen molar-refractivity contribution in [3.63, 3.8) is 0 Å². The van der Waals surface area contributed by atoms with E-state index >= 15 is 0 Å². The number of nitrogens with one attached hydrogen (secondary N) is 1. The molecular formula is C21H26N2O4. The third-order valence-electron chi connectivity index (χ3n) is 4.43. The molecule has 2 aromatic carbocycles. The summed E-state index contributed by atoms with van der Waals surface area (Å²) in [5, 5.41) is 2.82. The van der Waals surface area contributed by atoms with Gasteiger partial charge in [-0.1, -0.05) is 6.07 Å². The van der Waals surface area contributed by atoms with Gasteiger partial charge in [-0.3, -0.25) is 9.59 Å². The lowest BCUT2D eigenvalue weighted by atomic mass is 10.1. The average molecular weight is 370 g/mol. The Hall–Kier alpha value is -3.02. The molecular weight excluding hydrogens is 344 g/mol. The lowest BCUT2D eigenvalue weighted by Gasteiger charge is -2.22. The monoisotopic (exact) mass is 370 g/mol. The highest BCUT2D eigenvalue weighted by molar-refractivity contribution is 5.95. The summed E-state index contributed by atoms with van der Waals surface area (Å²) in [6, 6.07) is 11.0. The molecule has 0 heterocycles. The molecule has 0 unspecified atom stereocenters. The second kappa shape index (κ2) is 9.07. The Bertz CT molecular complexity index is 833. The van der Waals surface area contributed by atoms with Gasteiger partial charge >= 0.3 is 0 Å². The summed E-state index contributed by atoms with van der Waals surface area (Å²) in [6.07, 6.45) is 0.168. The van der Waals surface area contributed by atoms with Crippen molar-refractivity contribution in [2.75, 3.05) is 31.0 Å². The molecule has 0 aliphatic heterocycles. The number of ether oxygens (including phenoxy) is 2. The van der Waals surface area contributed by atoms with Crippen molar-refractivity contribution in [2.45, 2.75) is 27.2 Å². The summed E-state index contributed by atoms with van der Waals surface area (Å²) >= 11 is 0. The summed E-state index contributed by atoms with van der Waals surface area (Å²) in [5.74, 6) is 0.851. The van der Waals surface area contributed by atoms with Crippen LogP contribution in [0.2, 0.25) is 0 Å². The van der Waals surface area contributed by atoms with Gasteiger partial charge in [0.05, 0.1) is 19.9 Å². The molecule has 0 saturated carbocycles. The number of rotatable bonds is 7. The van der Waals surface area contributed by atoms with E-state index in [2.05, 4.69) is 5.32 Å². The maximum Gasteiger partial charge on any atom is 0.226 e. The van der Waals surface area contributed by atoms with E-state index in [1.54, 1.807) is 30.2 Å². The van der Waals surface area contributed by atoms with Crippen LogP contribution in [0, 0.1) is 13.8 Å². The van der Waals surface area contributed by atoms with Crippen molar-refractivity contribution >= 4 is 23.2 Å². The molecule has 144 valence electrons. The van der Waals surface area contributed by atoms with Gasteiger partial charge in [0, 0.05) is 31.6 Å². The number of nitrogens with zero attached hydrogens (tertiary/aromatic N) is 1. The van der Waals surface area contributed by atoms with E-state index in [1.807, 2.05) is 32.0 Å². The number of amides is 2. The highest BCUT2D eigenvalue weighted by Gasteiger charge is 2.15. The number of carbonyl (C=O) groups excluding carboxylic acids is 2. The number of anilines is 2. The molecule has 0 spiro atoms. The van der Waals surface area contributed by atoms with Crippen LogP contribution in [0.3, 0.4) is 0 Å². The SMILES string of the molecule is COc1ccc(NC(=O)CCN(C(C)=O)c2ccc(C)c(C)c2)c(OC)c1. The molecule has 27 heavy (non-hydrogen) atoms. The van der Waals surface area contributed by atoms with Crippen molar-refractivity contribution in [3.8, 4) is 11.5 Å². The highest BCUT2D eigenvalue weighted by Crippen LogP contribution is 2.29. The Kier molecular flexibility index (Phi) is 6.82. The number of carbonyl (C=O) groups is 2. The topological polar surface area (TPSA) is 67.9 Å². The van der Waals surface area contributed by atoms with Crippen LogP contribution in [-0.4, -0.2) is 32.6 Å². The molecule has 0 radical (unpaired) electrons. The molecule has 0 bridgehead atoms. The quantitative estimate of drug-likeness (QED) is 0.807. The zero-order chi connectivity index (χ0) is 20.0. The van der Waals surface area contributed by atoms with Gasteiger partial charge in [-0.2, -0.15) is 0 Å². The second-order valence-corrected chi connectivity index (χ2v) is 6.30. The van der Waals surface area contributed by atoms with Crippen LogP contribution in [-0.2, 0) is 9.59 Å². The van der Waals surface area contributed by atoms with Gasteiger partial charge in [0.15, 0.2) is 0 Å². The molecule has 0 fully saturated rings. The zero-order valence-electron chi connectivity index (χ0n) is 16.5. The number of hydrogen-bond donors (Lipinski definition) is 1. The Morgan fingerprint density at radius 2 is 1.74 bits per heavy atom. The molecule has 0 aliphatic rings. The summed E-state index contributed by atoms with van der Waals surface area (Å²) < 4.78 is 10.4. The molecule has 2 rings (SSSR count). The van der Waals surface area contributed by atoms with E-state index in [0.29, 0.717) is 23.7 Å². The van der Waals surface area contributed by atoms with Crippen LogP contribution in [0.25, 0.3) is 0 Å². The molecule has 6 nitrogen and oxygen atoms in total. The summed E-state index contributed by atoms with van der Waals surface area (Å²) in [4.78, 5) is 26.0. The first-order chi connectivity index (χ1) is 12.8. The van der Waals surface area contributed by atoms with E-state index in [-0.39, 0.29) is 18.2 Å². The molecule has 2 amide bonds. The van der Waals surface area contributed by atoms with Crippen molar-refractivity contribution < 1.29 is 19.1 Å². The third-order valence-corrected chi connectivity index (χ3v) is 4.43. The van der Waals surface area contributed by atoms with E-state index in [9.17, 15) is 9.59 Å². The first kappa shape index (κ1) is 20.3. The van der Waals surface area contributed by atoms with Crippen LogP contribution >= 0.6 is 0 Å². The second-order valence-electron chi connectivity index (χ2n) is 6.30. The van der Waals surface area contributed by atoms with Crippen LogP contribution in [0.5, 0.6) is 11.5 Å². The largest absolute Gasteiger partial charge is 0.497 e. The van der Waals surface area contributed by atoms with Gasteiger partial charge in [0.25, 0.3) is 0 Å². The standard InChI is InChI=1S/C21H26N2O4/c1-14-6-7-17(12-15(14)2)23(16(3)24)11-10-21(25)22-19-9-8-18(26-4)13-20(19)27-5/h6-9,12-13H,10-11H2,1-5H3,(H,22,25). The number of aryl methyl sites for hydroxylation is 2. The minimum Gasteiger partial charge on any atom is -0.497 e. The Balaban J connectivity index is 2.06. The maximum absolute atomic E-state index is 12.4. The summed E-state index contributed by atoms with van der Waals surface area (Å²) in [6.45, 7) is 5.81. The van der Waals surface area contributed by atoms with Gasteiger partial charge < -0.3 is 19.7 Å². The zero-order valence-corrected chi connectivity index (χ0v) is 16.5. The molecule has 6 heteroatoms. The van der Waals surface area contributed by atoms with Gasteiger partial charge in [-0.15, -0.1) is 0 Å². The smallest absolute Gasteiger partial charge is 0.226 e. The van der Waals surface area contributed by atoms with E-state index in [4.69, 9.17) is 9.47 Å². The normalized spacial score (nSPS) is 10.3.